The minimum atomic E-state index is -0.110. The Morgan fingerprint density at radius 2 is 1.81 bits per heavy atom. The minimum absolute atomic E-state index is 0.0227. The summed E-state index contributed by atoms with van der Waals surface area (Å²) in [4.78, 5) is 14.6. The average molecular weight is 354 g/mol. The molecule has 1 atom stereocenters. The number of hydrogen-bond donors (Lipinski definition) is 1. The molecule has 1 aliphatic heterocycles. The van der Waals surface area contributed by atoms with E-state index in [0.717, 1.165) is 24.4 Å². The molecule has 5 nitrogen and oxygen atoms in total. The Morgan fingerprint density at radius 1 is 1.08 bits per heavy atom. The summed E-state index contributed by atoms with van der Waals surface area (Å²) < 4.78 is 10.9. The normalized spacial score (nSPS) is 15.4. The van der Waals surface area contributed by atoms with Crippen LogP contribution < -0.4 is 14.8 Å². The number of benzene rings is 2. The Bertz CT molecular complexity index is 699. The van der Waals surface area contributed by atoms with Crippen LogP contribution in [0.15, 0.2) is 54.6 Å². The number of carbonyl (C=O) groups is 1. The largest absolute Gasteiger partial charge is 0.497 e. The third kappa shape index (κ3) is 4.99. The molecular formula is C21H26N2O3. The number of likely N-dealkylation sites (tertiary alicyclic amines) is 1. The van der Waals surface area contributed by atoms with Crippen LogP contribution in [0.5, 0.6) is 11.5 Å². The molecule has 0 aliphatic carbocycles. The van der Waals surface area contributed by atoms with E-state index in [0.29, 0.717) is 12.3 Å². The summed E-state index contributed by atoms with van der Waals surface area (Å²) in [5.41, 5.74) is 1.16. The molecule has 1 saturated heterocycles. The van der Waals surface area contributed by atoms with Crippen LogP contribution in [0.1, 0.15) is 24.4 Å². The van der Waals surface area contributed by atoms with Gasteiger partial charge in [0.1, 0.15) is 11.5 Å². The summed E-state index contributed by atoms with van der Waals surface area (Å²) in [6.07, 6.45) is 2.40. The fraction of sp³-hybridized carbons (Fsp3) is 0.381. The molecule has 1 fully saturated rings. The van der Waals surface area contributed by atoms with Crippen LogP contribution in [0.25, 0.3) is 0 Å². The van der Waals surface area contributed by atoms with Gasteiger partial charge in [-0.15, -0.1) is 0 Å². The second-order valence-electron chi connectivity index (χ2n) is 6.44. The van der Waals surface area contributed by atoms with Crippen LogP contribution in [0.2, 0.25) is 0 Å². The second kappa shape index (κ2) is 9.25. The molecule has 138 valence electrons. The lowest BCUT2D eigenvalue weighted by Gasteiger charge is -2.28. The lowest BCUT2D eigenvalue weighted by atomic mass is 10.0. The van der Waals surface area contributed by atoms with Crippen molar-refractivity contribution in [2.24, 2.45) is 0 Å². The van der Waals surface area contributed by atoms with Crippen LogP contribution in [-0.2, 0) is 4.79 Å². The van der Waals surface area contributed by atoms with E-state index in [1.54, 1.807) is 7.11 Å². The maximum atomic E-state index is 12.2. The van der Waals surface area contributed by atoms with E-state index in [1.165, 1.54) is 12.8 Å². The van der Waals surface area contributed by atoms with Crippen molar-refractivity contribution in [1.29, 1.82) is 0 Å². The molecule has 0 spiro atoms. The summed E-state index contributed by atoms with van der Waals surface area (Å²) in [6.45, 7) is 2.69. The molecule has 2 aromatic carbocycles. The van der Waals surface area contributed by atoms with E-state index in [4.69, 9.17) is 9.47 Å². The lowest BCUT2D eigenvalue weighted by Crippen LogP contribution is -2.38. The van der Waals surface area contributed by atoms with E-state index in [2.05, 4.69) is 22.3 Å². The highest BCUT2D eigenvalue weighted by atomic mass is 16.5. The fourth-order valence-electron chi connectivity index (χ4n) is 3.29. The van der Waals surface area contributed by atoms with Crippen LogP contribution in [0, 0.1) is 0 Å². The molecule has 0 bridgehead atoms. The van der Waals surface area contributed by atoms with Crippen LogP contribution in [0.3, 0.4) is 0 Å². The van der Waals surface area contributed by atoms with Gasteiger partial charge in [-0.2, -0.15) is 0 Å². The standard InChI is InChI=1S/C21H26N2O3/c1-25-19-11-7-8-17(14-19)20(23-12-5-6-13-23)15-22-21(24)16-26-18-9-3-2-4-10-18/h2-4,7-11,14,20H,5-6,12-13,15-16H2,1H3,(H,22,24). The number of carbonyl (C=O) groups excluding carboxylic acids is 1. The van der Waals surface area contributed by atoms with Gasteiger partial charge in [0.05, 0.1) is 13.2 Å². The molecule has 1 aliphatic rings. The summed E-state index contributed by atoms with van der Waals surface area (Å²) in [7, 11) is 1.67. The predicted molar refractivity (Wildman–Crippen MR) is 101 cm³/mol. The number of rotatable bonds is 8. The average Bonchev–Trinajstić information content (AvgIpc) is 3.22. The molecule has 3 rings (SSSR count). The molecule has 0 saturated carbocycles. The first kappa shape index (κ1) is 18.3. The quantitative estimate of drug-likeness (QED) is 0.792. The summed E-state index contributed by atoms with van der Waals surface area (Å²) in [5, 5.41) is 3.02. The minimum Gasteiger partial charge on any atom is -0.497 e. The van der Waals surface area contributed by atoms with Crippen molar-refractivity contribution < 1.29 is 14.3 Å². The van der Waals surface area contributed by atoms with Gasteiger partial charge >= 0.3 is 0 Å². The van der Waals surface area contributed by atoms with Crippen molar-refractivity contribution in [1.82, 2.24) is 10.2 Å². The molecule has 1 amide bonds. The Labute approximate surface area is 154 Å². The molecule has 1 heterocycles. The van der Waals surface area contributed by atoms with Gasteiger partial charge in [0, 0.05) is 6.54 Å². The number of hydrogen-bond acceptors (Lipinski definition) is 4. The van der Waals surface area contributed by atoms with E-state index < -0.39 is 0 Å². The van der Waals surface area contributed by atoms with E-state index in [-0.39, 0.29) is 18.6 Å². The number of methoxy groups -OCH3 is 1. The number of ether oxygens (including phenoxy) is 2. The maximum Gasteiger partial charge on any atom is 0.258 e. The highest BCUT2D eigenvalue weighted by Gasteiger charge is 2.24. The van der Waals surface area contributed by atoms with Crippen LogP contribution >= 0.6 is 0 Å². The van der Waals surface area contributed by atoms with Crippen molar-refractivity contribution in [3.8, 4) is 11.5 Å². The van der Waals surface area contributed by atoms with Crippen LogP contribution in [-0.4, -0.2) is 44.2 Å². The highest BCUT2D eigenvalue weighted by Crippen LogP contribution is 2.27. The Morgan fingerprint density at radius 3 is 2.54 bits per heavy atom. The summed E-state index contributed by atoms with van der Waals surface area (Å²) in [6, 6.07) is 17.6. The van der Waals surface area contributed by atoms with Gasteiger partial charge in [-0.05, 0) is 55.8 Å². The van der Waals surface area contributed by atoms with Crippen molar-refractivity contribution >= 4 is 5.91 Å². The Kier molecular flexibility index (Phi) is 6.50. The molecular weight excluding hydrogens is 328 g/mol. The van der Waals surface area contributed by atoms with Gasteiger partial charge < -0.3 is 14.8 Å². The Hall–Kier alpha value is -2.53. The number of amides is 1. The molecule has 1 unspecified atom stereocenters. The molecule has 0 radical (unpaired) electrons. The van der Waals surface area contributed by atoms with Crippen molar-refractivity contribution in [3.05, 3.63) is 60.2 Å². The van der Waals surface area contributed by atoms with E-state index >= 15 is 0 Å². The van der Waals surface area contributed by atoms with Crippen molar-refractivity contribution in [2.45, 2.75) is 18.9 Å². The monoisotopic (exact) mass is 354 g/mol. The topological polar surface area (TPSA) is 50.8 Å². The molecule has 5 heteroatoms. The smallest absolute Gasteiger partial charge is 0.258 e. The zero-order valence-electron chi connectivity index (χ0n) is 15.2. The van der Waals surface area contributed by atoms with Gasteiger partial charge in [0.25, 0.3) is 5.91 Å². The Balaban J connectivity index is 1.59. The van der Waals surface area contributed by atoms with Gasteiger partial charge in [0.15, 0.2) is 6.61 Å². The SMILES string of the molecule is COc1cccc(C(CNC(=O)COc2ccccc2)N2CCCC2)c1. The van der Waals surface area contributed by atoms with Crippen molar-refractivity contribution in [3.63, 3.8) is 0 Å². The first-order chi connectivity index (χ1) is 12.8. The molecule has 0 aromatic heterocycles. The second-order valence-corrected chi connectivity index (χ2v) is 6.44. The third-order valence-electron chi connectivity index (χ3n) is 4.67. The molecule has 1 N–H and O–H groups in total. The third-order valence-corrected chi connectivity index (χ3v) is 4.67. The summed E-state index contributed by atoms with van der Waals surface area (Å²) in [5.74, 6) is 1.43. The highest BCUT2D eigenvalue weighted by molar-refractivity contribution is 5.77. The fourth-order valence-corrected chi connectivity index (χ4v) is 3.29. The zero-order valence-corrected chi connectivity index (χ0v) is 15.2. The van der Waals surface area contributed by atoms with Crippen molar-refractivity contribution in [2.75, 3.05) is 33.4 Å². The maximum absolute atomic E-state index is 12.2. The molecule has 2 aromatic rings. The summed E-state index contributed by atoms with van der Waals surface area (Å²) >= 11 is 0. The first-order valence-electron chi connectivity index (χ1n) is 9.09. The van der Waals surface area contributed by atoms with Gasteiger partial charge in [0.2, 0.25) is 0 Å². The lowest BCUT2D eigenvalue weighted by molar-refractivity contribution is -0.123. The van der Waals surface area contributed by atoms with Gasteiger partial charge in [-0.1, -0.05) is 30.3 Å². The first-order valence-corrected chi connectivity index (χ1v) is 9.09. The van der Waals surface area contributed by atoms with E-state index in [9.17, 15) is 4.79 Å². The van der Waals surface area contributed by atoms with Gasteiger partial charge in [-0.25, -0.2) is 0 Å². The van der Waals surface area contributed by atoms with Gasteiger partial charge in [-0.3, -0.25) is 9.69 Å². The number of nitrogens with one attached hydrogen (secondary N) is 1. The number of para-hydroxylation sites is 1. The van der Waals surface area contributed by atoms with Crippen LogP contribution in [0.4, 0.5) is 0 Å². The zero-order chi connectivity index (χ0) is 18.2. The number of nitrogens with zero attached hydrogens (tertiary/aromatic N) is 1. The molecule has 26 heavy (non-hydrogen) atoms. The predicted octanol–water partition coefficient (Wildman–Crippen LogP) is 3.03. The van der Waals surface area contributed by atoms with E-state index in [1.807, 2.05) is 42.5 Å².